The van der Waals surface area contributed by atoms with Gasteiger partial charge in [-0.3, -0.25) is 15.0 Å². The van der Waals surface area contributed by atoms with E-state index in [1.807, 2.05) is 20.0 Å². The summed E-state index contributed by atoms with van der Waals surface area (Å²) < 4.78 is 40.7. The van der Waals surface area contributed by atoms with Crippen molar-refractivity contribution >= 4 is 29.0 Å². The summed E-state index contributed by atoms with van der Waals surface area (Å²) in [6.07, 6.45) is -1.67. The fraction of sp³-hybridized carbons (Fsp3) is 0.462. The summed E-state index contributed by atoms with van der Waals surface area (Å²) in [6, 6.07) is 5.80. The summed E-state index contributed by atoms with van der Waals surface area (Å²) in [5.41, 5.74) is 5.08. The standard InChI is InChI=1S/C26H33F3N8/c1-15-11-22(16(2)10-20(15)19-6-8-37(9-7-19)14-18(4)30-5)32-25-31-13-21(26(27,28)29)24(34-25)33-23-12-17(3)35-36-23/h10-13,19H,6-9,14H2,1-5H3,(H3,31,32,33,34,35,36). The summed E-state index contributed by atoms with van der Waals surface area (Å²) in [6.45, 7) is 10.8. The SMILES string of the molecule is CN=C(C)CN1CCC(c2cc(C)c(Nc3ncc(C(F)(F)F)c(Nc4cc(C)[nH]n4)n3)cc2C)CC1. The highest BCUT2D eigenvalue weighted by molar-refractivity contribution is 5.83. The Morgan fingerprint density at radius 3 is 2.46 bits per heavy atom. The lowest BCUT2D eigenvalue weighted by Crippen LogP contribution is -2.36. The van der Waals surface area contributed by atoms with Crippen LogP contribution in [0.5, 0.6) is 0 Å². The molecule has 0 bridgehead atoms. The van der Waals surface area contributed by atoms with E-state index in [1.54, 1.807) is 13.0 Å². The van der Waals surface area contributed by atoms with Crippen molar-refractivity contribution in [3.05, 3.63) is 52.3 Å². The molecule has 8 nitrogen and oxygen atoms in total. The zero-order valence-electron chi connectivity index (χ0n) is 21.8. The predicted octanol–water partition coefficient (Wildman–Crippen LogP) is 5.90. The first-order chi connectivity index (χ1) is 17.5. The van der Waals surface area contributed by atoms with Crippen LogP contribution in [0.3, 0.4) is 0 Å². The number of aryl methyl sites for hydroxylation is 3. The molecule has 11 heteroatoms. The Hall–Kier alpha value is -3.47. The van der Waals surface area contributed by atoms with Crippen molar-refractivity contribution in [2.24, 2.45) is 4.99 Å². The molecular weight excluding hydrogens is 481 g/mol. The molecule has 1 aliphatic heterocycles. The summed E-state index contributed by atoms with van der Waals surface area (Å²) >= 11 is 0. The number of benzene rings is 1. The van der Waals surface area contributed by atoms with E-state index < -0.39 is 11.7 Å². The average molecular weight is 515 g/mol. The lowest BCUT2D eigenvalue weighted by molar-refractivity contribution is -0.137. The van der Waals surface area contributed by atoms with E-state index in [0.29, 0.717) is 11.6 Å². The normalized spacial score (nSPS) is 15.7. The van der Waals surface area contributed by atoms with Crippen molar-refractivity contribution in [2.45, 2.75) is 52.6 Å². The third-order valence-corrected chi connectivity index (χ3v) is 6.77. The molecule has 1 fully saturated rings. The molecule has 1 saturated heterocycles. The summed E-state index contributed by atoms with van der Waals surface area (Å²) in [7, 11) is 1.83. The molecule has 0 unspecified atom stereocenters. The van der Waals surface area contributed by atoms with Crippen molar-refractivity contribution in [3.63, 3.8) is 0 Å². The Kier molecular flexibility index (Phi) is 7.82. The minimum Gasteiger partial charge on any atom is -0.324 e. The van der Waals surface area contributed by atoms with E-state index in [9.17, 15) is 13.2 Å². The third-order valence-electron chi connectivity index (χ3n) is 6.77. The number of hydrogen-bond donors (Lipinski definition) is 3. The van der Waals surface area contributed by atoms with Crippen LogP contribution in [0.25, 0.3) is 0 Å². The number of aromatic amines is 1. The molecule has 1 aromatic carbocycles. The van der Waals surface area contributed by atoms with E-state index in [-0.39, 0.29) is 17.6 Å². The van der Waals surface area contributed by atoms with Gasteiger partial charge in [0.1, 0.15) is 11.4 Å². The van der Waals surface area contributed by atoms with Crippen LogP contribution in [-0.2, 0) is 6.18 Å². The number of piperidine rings is 1. The van der Waals surface area contributed by atoms with E-state index >= 15 is 0 Å². The molecular formula is C26H33F3N8. The van der Waals surface area contributed by atoms with Gasteiger partial charge in [0.25, 0.3) is 0 Å². The minimum atomic E-state index is -4.61. The quantitative estimate of drug-likeness (QED) is 0.340. The number of halogens is 3. The first-order valence-electron chi connectivity index (χ1n) is 12.3. The number of H-pyrrole nitrogens is 1. The van der Waals surface area contributed by atoms with Gasteiger partial charge in [0.2, 0.25) is 5.95 Å². The number of aromatic nitrogens is 4. The molecule has 0 aliphatic carbocycles. The third kappa shape index (κ3) is 6.46. The molecule has 0 spiro atoms. The Morgan fingerprint density at radius 2 is 1.84 bits per heavy atom. The fourth-order valence-electron chi connectivity index (χ4n) is 4.68. The molecule has 1 aliphatic rings. The summed E-state index contributed by atoms with van der Waals surface area (Å²) in [5, 5.41) is 12.4. The second-order valence-electron chi connectivity index (χ2n) is 9.67. The molecule has 3 aromatic rings. The van der Waals surface area contributed by atoms with E-state index in [2.05, 4.69) is 60.6 Å². The maximum Gasteiger partial charge on any atom is 0.421 e. The molecule has 2 aromatic heterocycles. The van der Waals surface area contributed by atoms with Gasteiger partial charge in [-0.05, 0) is 82.3 Å². The van der Waals surface area contributed by atoms with Crippen LogP contribution in [-0.4, -0.2) is 57.5 Å². The Balaban J connectivity index is 1.52. The fourth-order valence-corrected chi connectivity index (χ4v) is 4.68. The maximum absolute atomic E-state index is 13.6. The van der Waals surface area contributed by atoms with Gasteiger partial charge in [-0.25, -0.2) is 4.98 Å². The number of likely N-dealkylation sites (tertiary alicyclic amines) is 1. The zero-order chi connectivity index (χ0) is 26.7. The van der Waals surface area contributed by atoms with Gasteiger partial charge >= 0.3 is 6.18 Å². The Labute approximate surface area is 214 Å². The smallest absolute Gasteiger partial charge is 0.324 e. The van der Waals surface area contributed by atoms with Crippen molar-refractivity contribution < 1.29 is 13.2 Å². The highest BCUT2D eigenvalue weighted by Gasteiger charge is 2.35. The van der Waals surface area contributed by atoms with Crippen molar-refractivity contribution in [1.82, 2.24) is 25.1 Å². The average Bonchev–Trinajstić information content (AvgIpc) is 3.25. The van der Waals surface area contributed by atoms with Crippen LogP contribution >= 0.6 is 0 Å². The van der Waals surface area contributed by atoms with Crippen LogP contribution < -0.4 is 10.6 Å². The van der Waals surface area contributed by atoms with Crippen molar-refractivity contribution in [1.29, 1.82) is 0 Å². The van der Waals surface area contributed by atoms with Crippen molar-refractivity contribution in [3.8, 4) is 0 Å². The van der Waals surface area contributed by atoms with Crippen LogP contribution in [0.4, 0.5) is 36.4 Å². The lowest BCUT2D eigenvalue weighted by atomic mass is 9.85. The van der Waals surface area contributed by atoms with Gasteiger partial charge in [0.05, 0.1) is 0 Å². The molecule has 0 radical (unpaired) electrons. The lowest BCUT2D eigenvalue weighted by Gasteiger charge is -2.33. The van der Waals surface area contributed by atoms with Gasteiger partial charge in [0.15, 0.2) is 5.82 Å². The number of alkyl halides is 3. The maximum atomic E-state index is 13.6. The zero-order valence-corrected chi connectivity index (χ0v) is 21.8. The summed E-state index contributed by atoms with van der Waals surface area (Å²) in [4.78, 5) is 14.8. The van der Waals surface area contributed by atoms with Gasteiger partial charge in [-0.2, -0.15) is 23.3 Å². The highest BCUT2D eigenvalue weighted by atomic mass is 19.4. The summed E-state index contributed by atoms with van der Waals surface area (Å²) in [5.74, 6) is 0.419. The number of rotatable bonds is 7. The van der Waals surface area contributed by atoms with E-state index in [4.69, 9.17) is 0 Å². The molecule has 198 valence electrons. The Morgan fingerprint density at radius 1 is 1.11 bits per heavy atom. The van der Waals surface area contributed by atoms with Gasteiger partial charge in [-0.1, -0.05) is 6.07 Å². The second-order valence-corrected chi connectivity index (χ2v) is 9.67. The number of nitrogens with zero attached hydrogens (tertiary/aromatic N) is 5. The molecule has 4 rings (SSSR count). The minimum absolute atomic E-state index is 0.0688. The van der Waals surface area contributed by atoms with Crippen LogP contribution in [0.15, 0.2) is 29.4 Å². The molecule has 37 heavy (non-hydrogen) atoms. The van der Waals surface area contributed by atoms with Gasteiger partial charge in [0, 0.05) is 42.9 Å². The van der Waals surface area contributed by atoms with Crippen LogP contribution in [0.2, 0.25) is 0 Å². The topological polar surface area (TPSA) is 94.1 Å². The first-order valence-corrected chi connectivity index (χ1v) is 12.3. The second kappa shape index (κ2) is 10.9. The van der Waals surface area contributed by atoms with E-state index in [1.165, 1.54) is 5.56 Å². The number of nitrogens with one attached hydrogen (secondary N) is 3. The number of hydrogen-bond acceptors (Lipinski definition) is 7. The number of anilines is 4. The molecule has 3 N–H and O–H groups in total. The van der Waals surface area contributed by atoms with Crippen molar-refractivity contribution in [2.75, 3.05) is 37.3 Å². The first kappa shape index (κ1) is 26.6. The largest absolute Gasteiger partial charge is 0.421 e. The van der Waals surface area contributed by atoms with Crippen LogP contribution in [0, 0.1) is 20.8 Å². The molecule has 0 saturated carbocycles. The molecule has 0 amide bonds. The number of aliphatic imine (C=N–C) groups is 1. The molecule has 3 heterocycles. The van der Waals surface area contributed by atoms with E-state index in [0.717, 1.165) is 61.2 Å². The highest BCUT2D eigenvalue weighted by Crippen LogP contribution is 2.36. The molecule has 0 atom stereocenters. The Bertz CT molecular complexity index is 1270. The monoisotopic (exact) mass is 514 g/mol. The van der Waals surface area contributed by atoms with Gasteiger partial charge in [-0.15, -0.1) is 0 Å². The van der Waals surface area contributed by atoms with Crippen LogP contribution in [0.1, 0.15) is 53.6 Å². The predicted molar refractivity (Wildman–Crippen MR) is 140 cm³/mol. The van der Waals surface area contributed by atoms with Gasteiger partial charge < -0.3 is 10.6 Å².